The van der Waals surface area contributed by atoms with Gasteiger partial charge in [0.15, 0.2) is 0 Å². The van der Waals surface area contributed by atoms with Crippen molar-refractivity contribution in [3.8, 4) is 0 Å². The van der Waals surface area contributed by atoms with Crippen molar-refractivity contribution in [2.45, 2.75) is 19.8 Å². The molecule has 0 aliphatic rings. The van der Waals surface area contributed by atoms with Gasteiger partial charge in [-0.3, -0.25) is 4.79 Å². The second kappa shape index (κ2) is 4.08. The Balaban J connectivity index is 2.63. The van der Waals surface area contributed by atoms with Crippen molar-refractivity contribution in [1.82, 2.24) is 9.97 Å². The molecule has 0 bridgehead atoms. The highest BCUT2D eigenvalue weighted by atomic mass is 19.1. The van der Waals surface area contributed by atoms with E-state index in [1.54, 1.807) is 6.92 Å². The van der Waals surface area contributed by atoms with Gasteiger partial charge in [-0.1, -0.05) is 0 Å². The summed E-state index contributed by atoms with van der Waals surface area (Å²) in [6.07, 6.45) is 0. The number of aryl methyl sites for hydroxylation is 1. The Kier molecular flexibility index (Phi) is 2.75. The lowest BCUT2D eigenvalue weighted by Crippen LogP contribution is -2.12. The number of fused-ring (bicyclic) bond motifs is 1. The minimum absolute atomic E-state index is 0.245. The lowest BCUT2D eigenvalue weighted by atomic mass is 10.1. The Labute approximate surface area is 97.1 Å². The van der Waals surface area contributed by atoms with Crippen LogP contribution in [0.4, 0.5) is 4.39 Å². The molecular weight excluding hydrogens is 223 g/mol. The first-order valence-electron chi connectivity index (χ1n) is 5.15. The molecule has 1 atom stereocenters. The summed E-state index contributed by atoms with van der Waals surface area (Å²) in [6.45, 7) is 3.23. The average Bonchev–Trinajstić information content (AvgIpc) is 2.28. The molecule has 0 radical (unpaired) electrons. The van der Waals surface area contributed by atoms with E-state index in [4.69, 9.17) is 5.11 Å². The van der Waals surface area contributed by atoms with Crippen LogP contribution in [0.5, 0.6) is 0 Å². The van der Waals surface area contributed by atoms with E-state index in [2.05, 4.69) is 9.97 Å². The van der Waals surface area contributed by atoms with E-state index < -0.39 is 11.9 Å². The minimum Gasteiger partial charge on any atom is -0.481 e. The van der Waals surface area contributed by atoms with Crippen molar-refractivity contribution in [2.24, 2.45) is 0 Å². The van der Waals surface area contributed by atoms with Gasteiger partial charge in [-0.05, 0) is 32.0 Å². The van der Waals surface area contributed by atoms with Gasteiger partial charge in [0, 0.05) is 11.1 Å². The normalized spacial score (nSPS) is 12.6. The number of rotatable bonds is 2. The molecule has 0 spiro atoms. The first-order valence-corrected chi connectivity index (χ1v) is 5.15. The lowest BCUT2D eigenvalue weighted by molar-refractivity contribution is -0.138. The number of carboxylic acids is 1. The summed E-state index contributed by atoms with van der Waals surface area (Å²) in [6, 6.07) is 4.17. The zero-order valence-corrected chi connectivity index (χ0v) is 9.44. The Hall–Kier alpha value is -2.04. The number of halogens is 1. The molecule has 0 saturated heterocycles. The van der Waals surface area contributed by atoms with Crippen LogP contribution in [-0.2, 0) is 4.79 Å². The number of benzene rings is 1. The predicted octanol–water partition coefficient (Wildman–Crippen LogP) is 2.27. The van der Waals surface area contributed by atoms with Crippen LogP contribution in [0.3, 0.4) is 0 Å². The molecule has 1 unspecified atom stereocenters. The first-order chi connectivity index (χ1) is 7.99. The van der Waals surface area contributed by atoms with E-state index in [0.717, 1.165) is 0 Å². The number of hydrogen-bond acceptors (Lipinski definition) is 3. The Bertz CT molecular complexity index is 598. The molecule has 1 aromatic heterocycles. The monoisotopic (exact) mass is 234 g/mol. The maximum atomic E-state index is 13.1. The quantitative estimate of drug-likeness (QED) is 0.865. The molecule has 4 nitrogen and oxygen atoms in total. The molecule has 1 heterocycles. The zero-order chi connectivity index (χ0) is 12.6. The van der Waals surface area contributed by atoms with Crippen molar-refractivity contribution in [1.29, 1.82) is 0 Å². The second-order valence-electron chi connectivity index (χ2n) is 3.89. The van der Waals surface area contributed by atoms with Crippen molar-refractivity contribution >= 4 is 16.9 Å². The summed E-state index contributed by atoms with van der Waals surface area (Å²) in [5.41, 5.74) is 1.14. The standard InChI is InChI=1S/C12H11FN2O2/c1-6(12(16)17)11-14-7(2)9-5-8(13)3-4-10(9)15-11/h3-6H,1-2H3,(H,16,17). The maximum absolute atomic E-state index is 13.1. The third-order valence-corrected chi connectivity index (χ3v) is 2.62. The van der Waals surface area contributed by atoms with E-state index >= 15 is 0 Å². The number of carboxylic acid groups (broad SMARTS) is 1. The summed E-state index contributed by atoms with van der Waals surface area (Å²) in [5, 5.41) is 9.51. The summed E-state index contributed by atoms with van der Waals surface area (Å²) >= 11 is 0. The molecule has 88 valence electrons. The largest absolute Gasteiger partial charge is 0.481 e. The molecule has 2 aromatic rings. The number of hydrogen-bond donors (Lipinski definition) is 1. The van der Waals surface area contributed by atoms with Crippen LogP contribution in [0, 0.1) is 12.7 Å². The van der Waals surface area contributed by atoms with Gasteiger partial charge in [0.25, 0.3) is 0 Å². The van der Waals surface area contributed by atoms with Crippen LogP contribution in [0.1, 0.15) is 24.4 Å². The van der Waals surface area contributed by atoms with E-state index in [9.17, 15) is 9.18 Å². The molecule has 0 amide bonds. The maximum Gasteiger partial charge on any atom is 0.313 e. The smallest absolute Gasteiger partial charge is 0.313 e. The Morgan fingerprint density at radius 2 is 2.12 bits per heavy atom. The van der Waals surface area contributed by atoms with Crippen LogP contribution < -0.4 is 0 Å². The van der Waals surface area contributed by atoms with Gasteiger partial charge in [-0.2, -0.15) is 0 Å². The molecule has 17 heavy (non-hydrogen) atoms. The number of aromatic nitrogens is 2. The molecule has 5 heteroatoms. The van der Waals surface area contributed by atoms with Crippen LogP contribution in [-0.4, -0.2) is 21.0 Å². The van der Waals surface area contributed by atoms with Crippen LogP contribution in [0.15, 0.2) is 18.2 Å². The highest BCUT2D eigenvalue weighted by Gasteiger charge is 2.18. The second-order valence-corrected chi connectivity index (χ2v) is 3.89. The Morgan fingerprint density at radius 3 is 2.76 bits per heavy atom. The van der Waals surface area contributed by atoms with E-state index in [1.807, 2.05) is 0 Å². The summed E-state index contributed by atoms with van der Waals surface area (Å²) < 4.78 is 13.1. The number of nitrogens with zero attached hydrogens (tertiary/aromatic N) is 2. The van der Waals surface area contributed by atoms with Gasteiger partial charge < -0.3 is 5.11 Å². The van der Waals surface area contributed by atoms with Crippen molar-refractivity contribution in [2.75, 3.05) is 0 Å². The zero-order valence-electron chi connectivity index (χ0n) is 9.44. The topological polar surface area (TPSA) is 63.1 Å². The van der Waals surface area contributed by atoms with Gasteiger partial charge in [-0.25, -0.2) is 14.4 Å². The minimum atomic E-state index is -0.981. The van der Waals surface area contributed by atoms with E-state index in [0.29, 0.717) is 16.6 Å². The fourth-order valence-corrected chi connectivity index (χ4v) is 1.58. The van der Waals surface area contributed by atoms with Crippen LogP contribution in [0.2, 0.25) is 0 Å². The fraction of sp³-hybridized carbons (Fsp3) is 0.250. The van der Waals surface area contributed by atoms with Gasteiger partial charge in [0.1, 0.15) is 17.6 Å². The molecule has 0 aliphatic heterocycles. The molecule has 0 saturated carbocycles. The average molecular weight is 234 g/mol. The first kappa shape index (κ1) is 11.4. The number of carbonyl (C=O) groups is 1. The van der Waals surface area contributed by atoms with Gasteiger partial charge in [0.2, 0.25) is 0 Å². The molecular formula is C12H11FN2O2. The molecule has 0 aliphatic carbocycles. The van der Waals surface area contributed by atoms with Gasteiger partial charge >= 0.3 is 5.97 Å². The fourth-order valence-electron chi connectivity index (χ4n) is 1.58. The summed E-state index contributed by atoms with van der Waals surface area (Å²) in [4.78, 5) is 19.1. The molecule has 0 fully saturated rings. The predicted molar refractivity (Wildman–Crippen MR) is 60.3 cm³/mol. The highest BCUT2D eigenvalue weighted by Crippen LogP contribution is 2.20. The van der Waals surface area contributed by atoms with Gasteiger partial charge in [-0.15, -0.1) is 0 Å². The SMILES string of the molecule is Cc1nc(C(C)C(=O)O)nc2ccc(F)cc12. The third-order valence-electron chi connectivity index (χ3n) is 2.62. The van der Waals surface area contributed by atoms with Crippen molar-refractivity contribution < 1.29 is 14.3 Å². The van der Waals surface area contributed by atoms with Gasteiger partial charge in [0.05, 0.1) is 5.52 Å². The molecule has 1 aromatic carbocycles. The van der Waals surface area contributed by atoms with Crippen LogP contribution in [0.25, 0.3) is 10.9 Å². The highest BCUT2D eigenvalue weighted by molar-refractivity contribution is 5.82. The van der Waals surface area contributed by atoms with Crippen molar-refractivity contribution in [3.05, 3.63) is 35.5 Å². The summed E-state index contributed by atoms with van der Waals surface area (Å²) in [7, 11) is 0. The molecule has 2 rings (SSSR count). The number of aliphatic carboxylic acids is 1. The van der Waals surface area contributed by atoms with Crippen LogP contribution >= 0.6 is 0 Å². The lowest BCUT2D eigenvalue weighted by Gasteiger charge is -2.08. The Morgan fingerprint density at radius 1 is 1.41 bits per heavy atom. The molecule has 1 N–H and O–H groups in total. The van der Waals surface area contributed by atoms with E-state index in [-0.39, 0.29) is 11.6 Å². The summed E-state index contributed by atoms with van der Waals surface area (Å²) in [5.74, 6) is -1.87. The van der Waals surface area contributed by atoms with E-state index in [1.165, 1.54) is 25.1 Å². The van der Waals surface area contributed by atoms with Crippen molar-refractivity contribution in [3.63, 3.8) is 0 Å². The third kappa shape index (κ3) is 2.08.